The predicted octanol–water partition coefficient (Wildman–Crippen LogP) is 3.52. The maximum absolute atomic E-state index is 11.5. The molecule has 1 aromatic rings. The van der Waals surface area contributed by atoms with Crippen molar-refractivity contribution < 1.29 is 19.4 Å². The molecule has 98 valence electrons. The van der Waals surface area contributed by atoms with Crippen molar-refractivity contribution in [3.05, 3.63) is 28.8 Å². The Balaban J connectivity index is 2.73. The van der Waals surface area contributed by atoms with Crippen LogP contribution in [0.5, 0.6) is 5.75 Å². The minimum absolute atomic E-state index is 0.00324. The molecule has 0 aromatic heterocycles. The third-order valence-corrected chi connectivity index (χ3v) is 2.62. The highest BCUT2D eigenvalue weighted by Gasteiger charge is 2.14. The molecule has 0 bridgehead atoms. The van der Waals surface area contributed by atoms with Crippen LogP contribution in [-0.2, 0) is 4.79 Å². The number of carbonyl (C=O) groups is 2. The summed E-state index contributed by atoms with van der Waals surface area (Å²) in [5, 5.41) is 9.28. The van der Waals surface area contributed by atoms with Gasteiger partial charge in [-0.3, -0.25) is 4.79 Å². The number of carbonyl (C=O) groups excluding carboxylic acids is 1. The van der Waals surface area contributed by atoms with E-state index in [0.717, 1.165) is 19.3 Å². The molecule has 4 nitrogen and oxygen atoms in total. The smallest absolute Gasteiger partial charge is 0.339 e. The normalized spacial score (nSPS) is 10.1. The molecule has 0 saturated carbocycles. The summed E-state index contributed by atoms with van der Waals surface area (Å²) in [5.74, 6) is -1.59. The van der Waals surface area contributed by atoms with Crippen LogP contribution in [-0.4, -0.2) is 17.0 Å². The molecular weight excluding hydrogens is 256 g/mol. The van der Waals surface area contributed by atoms with Gasteiger partial charge in [0, 0.05) is 17.5 Å². The molecule has 0 aliphatic heterocycles. The number of halogens is 1. The van der Waals surface area contributed by atoms with Crippen molar-refractivity contribution in [1.82, 2.24) is 0 Å². The lowest BCUT2D eigenvalue weighted by atomic mass is 10.2. The summed E-state index contributed by atoms with van der Waals surface area (Å²) in [6.45, 7) is 2.03. The fourth-order valence-corrected chi connectivity index (χ4v) is 1.61. The second kappa shape index (κ2) is 7.01. The molecule has 1 rings (SSSR count). The van der Waals surface area contributed by atoms with Crippen LogP contribution in [0.15, 0.2) is 18.2 Å². The number of hydrogen-bond donors (Lipinski definition) is 1. The van der Waals surface area contributed by atoms with Gasteiger partial charge in [-0.05, 0) is 18.6 Å². The number of hydrogen-bond acceptors (Lipinski definition) is 3. The fraction of sp³-hybridized carbons (Fsp3) is 0.385. The summed E-state index contributed by atoms with van der Waals surface area (Å²) in [7, 11) is 0. The molecule has 18 heavy (non-hydrogen) atoms. The van der Waals surface area contributed by atoms with Crippen LogP contribution < -0.4 is 4.74 Å². The fourth-order valence-electron chi connectivity index (χ4n) is 1.45. The van der Waals surface area contributed by atoms with Gasteiger partial charge in [-0.15, -0.1) is 0 Å². The van der Waals surface area contributed by atoms with Gasteiger partial charge < -0.3 is 9.84 Å². The van der Waals surface area contributed by atoms with Crippen LogP contribution in [0, 0.1) is 0 Å². The molecule has 0 spiro atoms. The van der Waals surface area contributed by atoms with Crippen LogP contribution in [0.3, 0.4) is 0 Å². The third kappa shape index (κ3) is 4.37. The van der Waals surface area contributed by atoms with E-state index in [2.05, 4.69) is 0 Å². The van der Waals surface area contributed by atoms with Gasteiger partial charge in [-0.2, -0.15) is 0 Å². The average Bonchev–Trinajstić information content (AvgIpc) is 2.29. The van der Waals surface area contributed by atoms with E-state index in [4.69, 9.17) is 21.4 Å². The molecule has 0 amide bonds. The summed E-state index contributed by atoms with van der Waals surface area (Å²) < 4.78 is 5.03. The van der Waals surface area contributed by atoms with E-state index in [-0.39, 0.29) is 17.7 Å². The van der Waals surface area contributed by atoms with Gasteiger partial charge >= 0.3 is 11.9 Å². The van der Waals surface area contributed by atoms with Crippen molar-refractivity contribution >= 4 is 23.5 Å². The largest absolute Gasteiger partial charge is 0.478 e. The molecule has 1 aromatic carbocycles. The number of aromatic carboxylic acids is 1. The SMILES string of the molecule is CCCCCC(=O)Oc1cc(Cl)ccc1C(=O)O. The Hall–Kier alpha value is -1.55. The maximum Gasteiger partial charge on any atom is 0.339 e. The quantitative estimate of drug-likeness (QED) is 0.488. The molecular formula is C13H15ClO4. The van der Waals surface area contributed by atoms with Gasteiger partial charge in [0.15, 0.2) is 0 Å². The van der Waals surface area contributed by atoms with Crippen molar-refractivity contribution in [2.75, 3.05) is 0 Å². The lowest BCUT2D eigenvalue weighted by Gasteiger charge is -2.07. The van der Waals surface area contributed by atoms with E-state index in [0.29, 0.717) is 5.02 Å². The average molecular weight is 271 g/mol. The van der Waals surface area contributed by atoms with Crippen LogP contribution in [0.25, 0.3) is 0 Å². The highest BCUT2D eigenvalue weighted by molar-refractivity contribution is 6.30. The number of rotatable bonds is 6. The second-order valence-electron chi connectivity index (χ2n) is 3.88. The summed E-state index contributed by atoms with van der Waals surface area (Å²) in [4.78, 5) is 22.5. The Labute approximate surface area is 111 Å². The van der Waals surface area contributed by atoms with Crippen molar-refractivity contribution in [3.8, 4) is 5.75 Å². The van der Waals surface area contributed by atoms with Crippen LogP contribution >= 0.6 is 11.6 Å². The third-order valence-electron chi connectivity index (χ3n) is 2.38. The zero-order chi connectivity index (χ0) is 13.5. The maximum atomic E-state index is 11.5. The van der Waals surface area contributed by atoms with Gasteiger partial charge in [-0.25, -0.2) is 4.79 Å². The molecule has 0 radical (unpaired) electrons. The van der Waals surface area contributed by atoms with Gasteiger partial charge in [0.1, 0.15) is 11.3 Å². The number of benzene rings is 1. The molecule has 0 aliphatic carbocycles. The number of unbranched alkanes of at least 4 members (excludes halogenated alkanes) is 2. The Morgan fingerprint density at radius 1 is 1.33 bits per heavy atom. The van der Waals surface area contributed by atoms with Gasteiger partial charge in [0.25, 0.3) is 0 Å². The summed E-state index contributed by atoms with van der Waals surface area (Å²) in [6, 6.07) is 4.10. The van der Waals surface area contributed by atoms with Crippen molar-refractivity contribution in [2.24, 2.45) is 0 Å². The molecule has 1 N–H and O–H groups in total. The summed E-state index contributed by atoms with van der Waals surface area (Å²) >= 11 is 5.75. The first kappa shape index (κ1) is 14.5. The number of ether oxygens (including phenoxy) is 1. The van der Waals surface area contributed by atoms with E-state index >= 15 is 0 Å². The Morgan fingerprint density at radius 3 is 2.67 bits per heavy atom. The summed E-state index contributed by atoms with van der Waals surface area (Å²) in [6.07, 6.45) is 2.96. The molecule has 0 atom stereocenters. The Bertz CT molecular complexity index is 443. The Morgan fingerprint density at radius 2 is 2.06 bits per heavy atom. The van der Waals surface area contributed by atoms with Crippen molar-refractivity contribution in [2.45, 2.75) is 32.6 Å². The number of carboxylic acid groups (broad SMARTS) is 1. The van der Waals surface area contributed by atoms with Gasteiger partial charge in [0.05, 0.1) is 0 Å². The van der Waals surface area contributed by atoms with E-state index < -0.39 is 11.9 Å². The lowest BCUT2D eigenvalue weighted by Crippen LogP contribution is -2.10. The minimum atomic E-state index is -1.15. The van der Waals surface area contributed by atoms with Crippen molar-refractivity contribution in [3.63, 3.8) is 0 Å². The first-order valence-electron chi connectivity index (χ1n) is 5.78. The first-order valence-corrected chi connectivity index (χ1v) is 6.16. The first-order chi connectivity index (χ1) is 8.54. The molecule has 0 aliphatic rings. The standard InChI is InChI=1S/C13H15ClO4/c1-2-3-4-5-12(15)18-11-8-9(14)6-7-10(11)13(16)17/h6-8H,2-5H2,1H3,(H,16,17). The number of esters is 1. The van der Waals surface area contributed by atoms with E-state index in [9.17, 15) is 9.59 Å². The molecule has 0 saturated heterocycles. The highest BCUT2D eigenvalue weighted by atomic mass is 35.5. The lowest BCUT2D eigenvalue weighted by molar-refractivity contribution is -0.134. The van der Waals surface area contributed by atoms with E-state index in [1.807, 2.05) is 6.92 Å². The van der Waals surface area contributed by atoms with E-state index in [1.54, 1.807) is 0 Å². The zero-order valence-corrected chi connectivity index (χ0v) is 10.9. The predicted molar refractivity (Wildman–Crippen MR) is 68.2 cm³/mol. The molecule has 0 fully saturated rings. The topological polar surface area (TPSA) is 63.6 Å². The monoisotopic (exact) mass is 270 g/mol. The van der Waals surface area contributed by atoms with Gasteiger partial charge in [0.2, 0.25) is 0 Å². The highest BCUT2D eigenvalue weighted by Crippen LogP contribution is 2.24. The minimum Gasteiger partial charge on any atom is -0.478 e. The molecule has 0 heterocycles. The number of carboxylic acids is 1. The summed E-state index contributed by atoms with van der Waals surface area (Å²) in [5.41, 5.74) is -0.0664. The van der Waals surface area contributed by atoms with Crippen LogP contribution in [0.1, 0.15) is 43.0 Å². The molecule has 5 heteroatoms. The van der Waals surface area contributed by atoms with Crippen molar-refractivity contribution in [1.29, 1.82) is 0 Å². The van der Waals surface area contributed by atoms with E-state index in [1.165, 1.54) is 18.2 Å². The van der Waals surface area contributed by atoms with Crippen LogP contribution in [0.4, 0.5) is 0 Å². The molecule has 0 unspecified atom stereocenters. The van der Waals surface area contributed by atoms with Crippen LogP contribution in [0.2, 0.25) is 5.02 Å². The Kier molecular flexibility index (Phi) is 5.65. The zero-order valence-electron chi connectivity index (χ0n) is 10.1. The second-order valence-corrected chi connectivity index (χ2v) is 4.31. The van der Waals surface area contributed by atoms with Gasteiger partial charge in [-0.1, -0.05) is 31.4 Å².